The molecular formula is C68H134N2O7P+. The van der Waals surface area contributed by atoms with E-state index in [0.29, 0.717) is 23.9 Å². The first-order valence-corrected chi connectivity index (χ1v) is 35.7. The van der Waals surface area contributed by atoms with E-state index in [-0.39, 0.29) is 25.1 Å². The van der Waals surface area contributed by atoms with Gasteiger partial charge in [0.05, 0.1) is 33.8 Å². The summed E-state index contributed by atoms with van der Waals surface area (Å²) in [5, 5.41) is 3.05. The number of esters is 1. The van der Waals surface area contributed by atoms with Crippen LogP contribution in [-0.4, -0.2) is 74.3 Å². The van der Waals surface area contributed by atoms with Gasteiger partial charge in [-0.1, -0.05) is 302 Å². The lowest BCUT2D eigenvalue weighted by molar-refractivity contribution is -0.870. The summed E-state index contributed by atoms with van der Waals surface area (Å²) in [5.41, 5.74) is 0. The lowest BCUT2D eigenvalue weighted by Crippen LogP contribution is -2.47. The maximum absolute atomic E-state index is 13.5. The second-order valence-electron chi connectivity index (χ2n) is 24.7. The third kappa shape index (κ3) is 59.1. The van der Waals surface area contributed by atoms with Gasteiger partial charge in [-0.05, 0) is 57.4 Å². The molecule has 0 aromatic carbocycles. The minimum Gasteiger partial charge on any atom is -0.456 e. The molecule has 10 heteroatoms. The Morgan fingerprint density at radius 1 is 0.436 bits per heavy atom. The van der Waals surface area contributed by atoms with E-state index in [0.717, 1.165) is 70.6 Å². The van der Waals surface area contributed by atoms with Gasteiger partial charge in [-0.25, -0.2) is 4.57 Å². The molecule has 462 valence electrons. The zero-order valence-corrected chi connectivity index (χ0v) is 53.8. The summed E-state index contributed by atoms with van der Waals surface area (Å²) in [6.45, 7) is 7.04. The number of rotatable bonds is 63. The molecule has 3 unspecified atom stereocenters. The number of amides is 1. The lowest BCUT2D eigenvalue weighted by Gasteiger charge is -2.27. The topological polar surface area (TPSA) is 111 Å². The number of ether oxygens (including phenoxy) is 1. The standard InChI is InChI=1S/C68H133N2O7P/c1-7-10-13-16-19-22-25-28-29-30-31-32-33-34-35-36-37-38-39-40-41-43-46-49-52-55-58-61-68(72)77-66(59-56-53-50-47-44-27-24-21-18-15-12-9-3)65(64-76-78(73,74)75-63-62-70(4,5)6)69-67(71)60-57-54-51-48-45-42-26-23-20-17-14-11-8-2/h42,45,56,59,65-66H,7-41,43-44,46-55,57-58,60-64H2,1-6H3,(H-,69,71,73,74)/p+1/b45-42-,59-56-. The molecule has 0 aliphatic carbocycles. The molecule has 0 saturated heterocycles. The van der Waals surface area contributed by atoms with Crippen molar-refractivity contribution in [2.24, 2.45) is 0 Å². The van der Waals surface area contributed by atoms with E-state index in [1.807, 2.05) is 33.3 Å². The first-order valence-electron chi connectivity index (χ1n) is 34.2. The molecule has 0 heterocycles. The quantitative estimate of drug-likeness (QED) is 0.0205. The van der Waals surface area contributed by atoms with Crippen LogP contribution in [0.15, 0.2) is 24.3 Å². The maximum atomic E-state index is 13.5. The Kier molecular flexibility index (Phi) is 57.5. The van der Waals surface area contributed by atoms with Crippen LogP contribution in [0.25, 0.3) is 0 Å². The molecule has 0 saturated carbocycles. The lowest BCUT2D eigenvalue weighted by atomic mass is 10.0. The summed E-state index contributed by atoms with van der Waals surface area (Å²) in [6, 6.07) is -0.850. The summed E-state index contributed by atoms with van der Waals surface area (Å²) in [6.07, 6.45) is 70.6. The number of hydrogen-bond acceptors (Lipinski definition) is 6. The molecule has 1 amide bonds. The summed E-state index contributed by atoms with van der Waals surface area (Å²) in [5.74, 6) is -0.506. The Balaban J connectivity index is 4.95. The molecule has 0 aromatic rings. The van der Waals surface area contributed by atoms with Crippen molar-refractivity contribution in [2.45, 2.75) is 360 Å². The van der Waals surface area contributed by atoms with Gasteiger partial charge in [0.1, 0.15) is 19.3 Å². The SMILES string of the molecule is CCCCCCCC/C=C\CCCCCC(=O)NC(COP(=O)(O)OCC[N+](C)(C)C)C(/C=C\CCCCCCCCCCCC)OC(=O)CCCCCCCCCCCCCCCCCCCCCCCCCCCCC. The fourth-order valence-corrected chi connectivity index (χ4v) is 11.1. The predicted octanol–water partition coefficient (Wildman–Crippen LogP) is 21.3. The first kappa shape index (κ1) is 76.5. The van der Waals surface area contributed by atoms with Crippen LogP contribution in [0.5, 0.6) is 0 Å². The predicted molar refractivity (Wildman–Crippen MR) is 337 cm³/mol. The zero-order chi connectivity index (χ0) is 57.2. The Hall–Kier alpha value is -1.51. The average Bonchev–Trinajstić information content (AvgIpc) is 3.40. The van der Waals surface area contributed by atoms with Crippen LogP contribution in [0.4, 0.5) is 0 Å². The molecule has 0 spiro atoms. The molecule has 0 rings (SSSR count). The van der Waals surface area contributed by atoms with E-state index in [9.17, 15) is 19.0 Å². The number of likely N-dealkylation sites (N-methyl/N-ethyl adjacent to an activating group) is 1. The Morgan fingerprint density at radius 3 is 1.10 bits per heavy atom. The maximum Gasteiger partial charge on any atom is 0.472 e. The Labute approximate surface area is 485 Å². The monoisotopic (exact) mass is 1120 g/mol. The van der Waals surface area contributed by atoms with Crippen molar-refractivity contribution in [1.29, 1.82) is 0 Å². The van der Waals surface area contributed by atoms with E-state index < -0.39 is 20.0 Å². The zero-order valence-electron chi connectivity index (χ0n) is 52.9. The van der Waals surface area contributed by atoms with Crippen LogP contribution in [0.3, 0.4) is 0 Å². The van der Waals surface area contributed by atoms with Gasteiger partial charge >= 0.3 is 13.8 Å². The molecule has 3 atom stereocenters. The van der Waals surface area contributed by atoms with Crippen molar-refractivity contribution >= 4 is 19.7 Å². The van der Waals surface area contributed by atoms with Crippen LogP contribution in [-0.2, 0) is 27.9 Å². The highest BCUT2D eigenvalue weighted by Crippen LogP contribution is 2.43. The Morgan fingerprint density at radius 2 is 0.744 bits per heavy atom. The number of phosphoric ester groups is 1. The molecule has 78 heavy (non-hydrogen) atoms. The number of nitrogens with one attached hydrogen (secondary N) is 1. The van der Waals surface area contributed by atoms with Crippen LogP contribution in [0.2, 0.25) is 0 Å². The third-order valence-electron chi connectivity index (χ3n) is 15.6. The minimum atomic E-state index is -4.45. The van der Waals surface area contributed by atoms with Gasteiger partial charge in [-0.15, -0.1) is 0 Å². The van der Waals surface area contributed by atoms with Gasteiger partial charge in [0.2, 0.25) is 5.91 Å². The largest absolute Gasteiger partial charge is 0.472 e. The van der Waals surface area contributed by atoms with Crippen LogP contribution in [0, 0.1) is 0 Å². The molecule has 0 aliphatic heterocycles. The van der Waals surface area contributed by atoms with Crippen LogP contribution in [0.1, 0.15) is 348 Å². The summed E-state index contributed by atoms with van der Waals surface area (Å²) in [4.78, 5) is 37.7. The van der Waals surface area contributed by atoms with Gasteiger partial charge in [-0.3, -0.25) is 18.6 Å². The highest BCUT2D eigenvalue weighted by Gasteiger charge is 2.30. The van der Waals surface area contributed by atoms with Crippen molar-refractivity contribution in [2.75, 3.05) is 40.9 Å². The van der Waals surface area contributed by atoms with Gasteiger partial charge < -0.3 is 19.4 Å². The second-order valence-corrected chi connectivity index (χ2v) is 26.2. The van der Waals surface area contributed by atoms with Gasteiger partial charge in [0.15, 0.2) is 0 Å². The molecule has 2 N–H and O–H groups in total. The van der Waals surface area contributed by atoms with Gasteiger partial charge in [0, 0.05) is 12.8 Å². The summed E-state index contributed by atoms with van der Waals surface area (Å²) >= 11 is 0. The number of allylic oxidation sites excluding steroid dienone is 3. The van der Waals surface area contributed by atoms with E-state index in [2.05, 4.69) is 38.2 Å². The normalized spacial score (nSPS) is 13.7. The van der Waals surface area contributed by atoms with Gasteiger partial charge in [-0.2, -0.15) is 0 Å². The van der Waals surface area contributed by atoms with E-state index in [1.165, 1.54) is 244 Å². The van der Waals surface area contributed by atoms with E-state index in [4.69, 9.17) is 13.8 Å². The van der Waals surface area contributed by atoms with Crippen molar-refractivity contribution in [3.8, 4) is 0 Å². The number of nitrogens with zero attached hydrogens (tertiary/aromatic N) is 1. The molecule has 0 bridgehead atoms. The highest BCUT2D eigenvalue weighted by atomic mass is 31.2. The number of unbranched alkanes of at least 4 members (excludes halogenated alkanes) is 45. The molecule has 0 aliphatic rings. The van der Waals surface area contributed by atoms with Crippen molar-refractivity contribution in [3.05, 3.63) is 24.3 Å². The fraction of sp³-hybridized carbons (Fsp3) is 0.912. The fourth-order valence-electron chi connectivity index (χ4n) is 10.4. The van der Waals surface area contributed by atoms with Crippen molar-refractivity contribution in [3.63, 3.8) is 0 Å². The van der Waals surface area contributed by atoms with Gasteiger partial charge in [0.25, 0.3) is 0 Å². The minimum absolute atomic E-state index is 0.0410. The molecule has 0 fully saturated rings. The van der Waals surface area contributed by atoms with Crippen molar-refractivity contribution < 1.29 is 37.3 Å². The first-order chi connectivity index (χ1) is 37.9. The highest BCUT2D eigenvalue weighted by molar-refractivity contribution is 7.47. The smallest absolute Gasteiger partial charge is 0.456 e. The number of carbonyl (C=O) groups excluding carboxylic acids is 2. The molecule has 9 nitrogen and oxygen atoms in total. The van der Waals surface area contributed by atoms with Crippen LogP contribution >= 0.6 is 7.82 Å². The van der Waals surface area contributed by atoms with Crippen molar-refractivity contribution in [1.82, 2.24) is 5.32 Å². The van der Waals surface area contributed by atoms with E-state index >= 15 is 0 Å². The summed E-state index contributed by atoms with van der Waals surface area (Å²) in [7, 11) is 1.50. The van der Waals surface area contributed by atoms with E-state index in [1.54, 1.807) is 0 Å². The number of quaternary nitrogens is 1. The molecular weight excluding hydrogens is 988 g/mol. The molecule has 0 aromatic heterocycles. The molecule has 0 radical (unpaired) electrons. The second kappa shape index (κ2) is 58.7. The number of phosphoric acid groups is 1. The third-order valence-corrected chi connectivity index (χ3v) is 16.6. The average molecular weight is 1120 g/mol. The Bertz CT molecular complexity index is 1380. The van der Waals surface area contributed by atoms with Crippen LogP contribution < -0.4 is 5.32 Å². The number of hydrogen-bond donors (Lipinski definition) is 2. The summed E-state index contributed by atoms with van der Waals surface area (Å²) < 4.78 is 30.7. The number of carbonyl (C=O) groups is 2.